The van der Waals surface area contributed by atoms with Gasteiger partial charge in [-0.25, -0.2) is 0 Å². The van der Waals surface area contributed by atoms with Gasteiger partial charge in [-0.15, -0.1) is 11.8 Å². The summed E-state index contributed by atoms with van der Waals surface area (Å²) < 4.78 is 34.3. The van der Waals surface area contributed by atoms with Gasteiger partial charge in [-0.3, -0.25) is 9.59 Å². The summed E-state index contributed by atoms with van der Waals surface area (Å²) in [5.41, 5.74) is 1.11. The highest BCUT2D eigenvalue weighted by molar-refractivity contribution is 8.00. The predicted molar refractivity (Wildman–Crippen MR) is 99.2 cm³/mol. The van der Waals surface area contributed by atoms with E-state index in [4.69, 9.17) is 4.74 Å². The number of ether oxygens (including phenoxy) is 2. The van der Waals surface area contributed by atoms with Gasteiger partial charge in [-0.05, 0) is 37.6 Å². The van der Waals surface area contributed by atoms with Gasteiger partial charge in [0.05, 0.1) is 11.4 Å². The number of rotatable bonds is 8. The highest BCUT2D eigenvalue weighted by Crippen LogP contribution is 2.26. The lowest BCUT2D eigenvalue weighted by Crippen LogP contribution is -2.30. The molecule has 0 bridgehead atoms. The molecule has 27 heavy (non-hydrogen) atoms. The summed E-state index contributed by atoms with van der Waals surface area (Å²) in [7, 11) is 0. The molecule has 0 heterocycles. The first-order chi connectivity index (χ1) is 12.9. The van der Waals surface area contributed by atoms with Crippen LogP contribution in [0.15, 0.2) is 53.4 Å². The van der Waals surface area contributed by atoms with Crippen LogP contribution in [0.4, 0.5) is 14.5 Å². The number of hydrogen-bond acceptors (Lipinski definition) is 5. The standard InChI is InChI=1S/C19H19F2NO4S/c1-12-7-3-6-10-16(12)27-11-17(23)25-13(2)18(24)22-14-8-4-5-9-15(14)26-19(20)21/h3-10,13,19H,11H2,1-2H3,(H,22,24)/t13-/m1/s1. The maximum absolute atomic E-state index is 12.4. The fraction of sp³-hybridized carbons (Fsp3) is 0.263. The van der Waals surface area contributed by atoms with Gasteiger partial charge in [0.2, 0.25) is 0 Å². The van der Waals surface area contributed by atoms with Gasteiger partial charge < -0.3 is 14.8 Å². The highest BCUT2D eigenvalue weighted by Gasteiger charge is 2.20. The van der Waals surface area contributed by atoms with Crippen molar-refractivity contribution in [3.8, 4) is 5.75 Å². The summed E-state index contributed by atoms with van der Waals surface area (Å²) >= 11 is 1.31. The number of carbonyl (C=O) groups excluding carboxylic acids is 2. The number of esters is 1. The molecule has 0 spiro atoms. The van der Waals surface area contributed by atoms with Crippen LogP contribution in [0.5, 0.6) is 5.75 Å². The van der Waals surface area contributed by atoms with Crippen molar-refractivity contribution >= 4 is 29.3 Å². The van der Waals surface area contributed by atoms with Gasteiger partial charge in [0, 0.05) is 4.90 Å². The molecule has 0 saturated heterocycles. The van der Waals surface area contributed by atoms with Gasteiger partial charge in [0.1, 0.15) is 5.75 Å². The zero-order valence-corrected chi connectivity index (χ0v) is 15.6. The smallest absolute Gasteiger partial charge is 0.387 e. The van der Waals surface area contributed by atoms with Crippen LogP contribution in [0.3, 0.4) is 0 Å². The number of hydrogen-bond donors (Lipinski definition) is 1. The normalized spacial score (nSPS) is 11.7. The van der Waals surface area contributed by atoms with Crippen molar-refractivity contribution in [1.29, 1.82) is 0 Å². The fourth-order valence-corrected chi connectivity index (χ4v) is 2.95. The van der Waals surface area contributed by atoms with E-state index in [0.29, 0.717) is 0 Å². The van der Waals surface area contributed by atoms with Crippen LogP contribution in [0.1, 0.15) is 12.5 Å². The molecule has 0 fully saturated rings. The number of para-hydroxylation sites is 2. The third-order valence-corrected chi connectivity index (χ3v) is 4.63. The quantitative estimate of drug-likeness (QED) is 0.535. The molecule has 0 radical (unpaired) electrons. The third kappa shape index (κ3) is 6.56. The second-order valence-electron chi connectivity index (χ2n) is 5.55. The average molecular weight is 395 g/mol. The van der Waals surface area contributed by atoms with Crippen LogP contribution in [0, 0.1) is 6.92 Å². The molecule has 1 N–H and O–H groups in total. The molecule has 0 aromatic heterocycles. The topological polar surface area (TPSA) is 64.6 Å². The summed E-state index contributed by atoms with van der Waals surface area (Å²) in [6.07, 6.45) is -1.09. The molecule has 8 heteroatoms. The number of benzene rings is 2. The van der Waals surface area contributed by atoms with Crippen LogP contribution in [-0.4, -0.2) is 30.3 Å². The van der Waals surface area contributed by atoms with E-state index in [1.165, 1.54) is 36.9 Å². The molecule has 1 amide bonds. The Labute approximate surface area is 160 Å². The predicted octanol–water partition coefficient (Wildman–Crippen LogP) is 4.26. The maximum Gasteiger partial charge on any atom is 0.387 e. The van der Waals surface area contributed by atoms with Gasteiger partial charge in [-0.2, -0.15) is 8.78 Å². The SMILES string of the molecule is Cc1ccccc1SCC(=O)O[C@H](C)C(=O)Nc1ccccc1OC(F)F. The molecule has 2 aromatic carbocycles. The summed E-state index contributed by atoms with van der Waals surface area (Å²) in [6, 6.07) is 13.4. The number of anilines is 1. The second-order valence-corrected chi connectivity index (χ2v) is 6.57. The zero-order chi connectivity index (χ0) is 19.8. The molecule has 0 aliphatic rings. The Balaban J connectivity index is 1.88. The average Bonchev–Trinajstić information content (AvgIpc) is 2.62. The van der Waals surface area contributed by atoms with Gasteiger partial charge >= 0.3 is 12.6 Å². The molecule has 1 atom stereocenters. The van der Waals surface area contributed by atoms with E-state index >= 15 is 0 Å². The number of thioether (sulfide) groups is 1. The molecule has 5 nitrogen and oxygen atoms in total. The third-order valence-electron chi connectivity index (χ3n) is 3.48. The number of halogens is 2. The van der Waals surface area contributed by atoms with Crippen molar-refractivity contribution in [2.75, 3.05) is 11.1 Å². The van der Waals surface area contributed by atoms with Crippen LogP contribution >= 0.6 is 11.8 Å². The Morgan fingerprint density at radius 1 is 1.11 bits per heavy atom. The minimum atomic E-state index is -3.02. The summed E-state index contributed by atoms with van der Waals surface area (Å²) in [5, 5.41) is 2.42. The second kappa shape index (κ2) is 9.91. The Morgan fingerprint density at radius 2 is 1.78 bits per heavy atom. The van der Waals surface area contributed by atoms with Gasteiger partial charge in [-0.1, -0.05) is 30.3 Å². The molecular weight excluding hydrogens is 376 g/mol. The minimum absolute atomic E-state index is 0.0492. The van der Waals surface area contributed by atoms with Gasteiger partial charge in [0.15, 0.2) is 6.10 Å². The summed E-state index contributed by atoms with van der Waals surface area (Å²) in [6.45, 7) is 0.321. The lowest BCUT2D eigenvalue weighted by molar-refractivity contribution is -0.150. The molecule has 0 aliphatic carbocycles. The maximum atomic E-state index is 12.4. The van der Waals surface area contributed by atoms with E-state index in [1.54, 1.807) is 6.07 Å². The van der Waals surface area contributed by atoms with Crippen molar-refractivity contribution in [2.45, 2.75) is 31.5 Å². The number of alkyl halides is 2. The summed E-state index contributed by atoms with van der Waals surface area (Å²) in [5.74, 6) is -1.32. The lowest BCUT2D eigenvalue weighted by Gasteiger charge is -2.15. The van der Waals surface area contributed by atoms with Crippen LogP contribution < -0.4 is 10.1 Å². The Morgan fingerprint density at radius 3 is 2.48 bits per heavy atom. The van der Waals surface area contributed by atoms with Crippen molar-refractivity contribution in [1.82, 2.24) is 0 Å². The minimum Gasteiger partial charge on any atom is -0.452 e. The van der Waals surface area contributed by atoms with Crippen LogP contribution in [0.2, 0.25) is 0 Å². The van der Waals surface area contributed by atoms with E-state index in [1.807, 2.05) is 31.2 Å². The van der Waals surface area contributed by atoms with Crippen molar-refractivity contribution in [3.63, 3.8) is 0 Å². The van der Waals surface area contributed by atoms with Crippen LogP contribution in [0.25, 0.3) is 0 Å². The summed E-state index contributed by atoms with van der Waals surface area (Å²) in [4.78, 5) is 25.1. The fourth-order valence-electron chi connectivity index (χ4n) is 2.14. The van der Waals surface area contributed by atoms with Crippen molar-refractivity contribution in [3.05, 3.63) is 54.1 Å². The molecule has 0 saturated carbocycles. The van der Waals surface area contributed by atoms with Crippen molar-refractivity contribution < 1.29 is 27.8 Å². The Bertz CT molecular complexity index is 801. The molecule has 0 aliphatic heterocycles. The monoisotopic (exact) mass is 395 g/mol. The number of nitrogens with one attached hydrogen (secondary N) is 1. The van der Waals surface area contributed by atoms with Crippen molar-refractivity contribution in [2.24, 2.45) is 0 Å². The number of amides is 1. The molecule has 144 valence electrons. The molecule has 0 unspecified atom stereocenters. The first-order valence-corrected chi connectivity index (χ1v) is 9.08. The molecule has 2 rings (SSSR count). The number of carbonyl (C=O) groups is 2. The van der Waals surface area contributed by atoms with E-state index in [9.17, 15) is 18.4 Å². The molecule has 2 aromatic rings. The molecular formula is C19H19F2NO4S. The van der Waals surface area contributed by atoms with E-state index < -0.39 is 24.6 Å². The first-order valence-electron chi connectivity index (χ1n) is 8.09. The largest absolute Gasteiger partial charge is 0.452 e. The first kappa shape index (κ1) is 20.7. The Kier molecular flexibility index (Phi) is 7.60. The number of aryl methyl sites for hydroxylation is 1. The Hall–Kier alpha value is -2.61. The van der Waals surface area contributed by atoms with E-state index in [2.05, 4.69) is 10.1 Å². The zero-order valence-electron chi connectivity index (χ0n) is 14.8. The van der Waals surface area contributed by atoms with Crippen LogP contribution in [-0.2, 0) is 14.3 Å². The highest BCUT2D eigenvalue weighted by atomic mass is 32.2. The van der Waals surface area contributed by atoms with Gasteiger partial charge in [0.25, 0.3) is 5.91 Å². The van der Waals surface area contributed by atoms with E-state index in [-0.39, 0.29) is 17.2 Å². The van der Waals surface area contributed by atoms with E-state index in [0.717, 1.165) is 10.5 Å². The lowest BCUT2D eigenvalue weighted by atomic mass is 10.2.